The number of nitrogens with two attached hydrogens (primary N) is 1. The normalized spacial score (nSPS) is 15.1. The minimum Gasteiger partial charge on any atom is -0.396 e. The summed E-state index contributed by atoms with van der Waals surface area (Å²) in [6.07, 6.45) is 9.06. The highest BCUT2D eigenvalue weighted by Crippen LogP contribution is 2.31. The molecule has 25 heavy (non-hydrogen) atoms. The summed E-state index contributed by atoms with van der Waals surface area (Å²) in [7, 11) is -3.63. The van der Waals surface area contributed by atoms with Crippen LogP contribution in [0.15, 0.2) is 12.7 Å². The molecular weight excluding hydrogens is 338 g/mol. The summed E-state index contributed by atoms with van der Waals surface area (Å²) in [5.41, 5.74) is 0.0713. The first-order chi connectivity index (χ1) is 11.8. The third-order valence-corrected chi connectivity index (χ3v) is 7.55. The molecule has 0 amide bonds. The zero-order valence-corrected chi connectivity index (χ0v) is 17.2. The fourth-order valence-electron chi connectivity index (χ4n) is 3.22. The first kappa shape index (κ1) is 24.6. The van der Waals surface area contributed by atoms with E-state index >= 15 is 0 Å². The molecule has 1 unspecified atom stereocenters. The maximum Gasteiger partial charge on any atom is 0.218 e. The van der Waals surface area contributed by atoms with Crippen molar-refractivity contribution in [3.63, 3.8) is 0 Å². The van der Waals surface area contributed by atoms with Crippen molar-refractivity contribution in [1.82, 2.24) is 0 Å². The third kappa shape index (κ3) is 7.77. The van der Waals surface area contributed by atoms with Crippen molar-refractivity contribution >= 4 is 10.0 Å². The topological polar surface area (TPSA) is 89.6 Å². The van der Waals surface area contributed by atoms with Gasteiger partial charge in [0.1, 0.15) is 4.75 Å². The zero-order chi connectivity index (χ0) is 19.4. The van der Waals surface area contributed by atoms with Gasteiger partial charge in [-0.15, -0.1) is 6.58 Å². The van der Waals surface area contributed by atoms with E-state index in [9.17, 15) is 13.5 Å². The lowest BCUT2D eigenvalue weighted by molar-refractivity contribution is 0.0910. The maximum atomic E-state index is 11.8. The molecule has 6 heteroatoms. The minimum absolute atomic E-state index is 0.0713. The second-order valence-electron chi connectivity index (χ2n) is 7.06. The molecule has 0 saturated heterocycles. The average molecular weight is 378 g/mol. The summed E-state index contributed by atoms with van der Waals surface area (Å²) in [5, 5.41) is 14.9. The fraction of sp³-hybridized carbons (Fsp3) is 0.895. The molecule has 0 aromatic rings. The van der Waals surface area contributed by atoms with Crippen molar-refractivity contribution in [1.29, 1.82) is 0 Å². The predicted octanol–water partition coefficient (Wildman–Crippen LogP) is 3.77. The van der Waals surface area contributed by atoms with Gasteiger partial charge in [-0.1, -0.05) is 33.3 Å². The van der Waals surface area contributed by atoms with Crippen LogP contribution in [0.3, 0.4) is 0 Å². The molecule has 0 aliphatic rings. The van der Waals surface area contributed by atoms with Crippen molar-refractivity contribution in [3.8, 4) is 0 Å². The molecule has 0 spiro atoms. The number of aliphatic hydroxyl groups is 1. The molecule has 0 aliphatic heterocycles. The van der Waals surface area contributed by atoms with Gasteiger partial charge >= 0.3 is 0 Å². The van der Waals surface area contributed by atoms with E-state index < -0.39 is 14.8 Å². The van der Waals surface area contributed by atoms with Gasteiger partial charge in [-0.05, 0) is 56.8 Å². The second kappa shape index (κ2) is 12.0. The quantitative estimate of drug-likeness (QED) is 0.316. The molecule has 0 aromatic heterocycles. The Bertz CT molecular complexity index is 452. The summed E-state index contributed by atoms with van der Waals surface area (Å²) < 4.78 is 28.2. The number of ether oxygens (including phenoxy) is 1. The number of hydrogen-bond donors (Lipinski definition) is 2. The molecule has 5 nitrogen and oxygen atoms in total. The van der Waals surface area contributed by atoms with Crippen LogP contribution in [-0.2, 0) is 14.8 Å². The molecule has 150 valence electrons. The minimum atomic E-state index is -3.63. The van der Waals surface area contributed by atoms with E-state index in [2.05, 4.69) is 20.4 Å². The Hall–Kier alpha value is -0.430. The van der Waals surface area contributed by atoms with Crippen LogP contribution in [0.2, 0.25) is 0 Å². The Balaban J connectivity index is 3.93. The summed E-state index contributed by atoms with van der Waals surface area (Å²) in [6, 6.07) is 0. The number of sulfonamides is 1. The van der Waals surface area contributed by atoms with Crippen LogP contribution < -0.4 is 5.14 Å². The monoisotopic (exact) mass is 377 g/mol. The largest absolute Gasteiger partial charge is 0.396 e. The lowest BCUT2D eigenvalue weighted by atomic mass is 9.79. The Labute approximate surface area is 155 Å². The molecule has 0 saturated carbocycles. The predicted molar refractivity (Wildman–Crippen MR) is 105 cm³/mol. The lowest BCUT2D eigenvalue weighted by Crippen LogP contribution is -2.41. The number of hydrogen-bond acceptors (Lipinski definition) is 4. The van der Waals surface area contributed by atoms with E-state index in [0.717, 1.165) is 44.9 Å². The molecule has 0 radical (unpaired) electrons. The molecule has 0 rings (SSSR count). The van der Waals surface area contributed by atoms with Crippen LogP contribution in [-0.4, -0.2) is 38.1 Å². The van der Waals surface area contributed by atoms with E-state index in [-0.39, 0.29) is 12.0 Å². The molecule has 0 fully saturated rings. The van der Waals surface area contributed by atoms with E-state index in [4.69, 9.17) is 9.88 Å². The smallest absolute Gasteiger partial charge is 0.218 e. The van der Waals surface area contributed by atoms with Crippen LogP contribution in [0.5, 0.6) is 0 Å². The number of rotatable bonds is 16. The van der Waals surface area contributed by atoms with Crippen LogP contribution in [0.4, 0.5) is 0 Å². The van der Waals surface area contributed by atoms with Crippen molar-refractivity contribution in [2.45, 2.75) is 83.3 Å². The highest BCUT2D eigenvalue weighted by atomic mass is 32.2. The van der Waals surface area contributed by atoms with Crippen molar-refractivity contribution in [2.24, 2.45) is 10.6 Å². The molecule has 0 aromatic carbocycles. The van der Waals surface area contributed by atoms with Crippen LogP contribution in [0.25, 0.3) is 0 Å². The summed E-state index contributed by atoms with van der Waals surface area (Å²) in [4.78, 5) is 0. The van der Waals surface area contributed by atoms with E-state index in [1.54, 1.807) is 0 Å². The number of aliphatic hydroxyl groups excluding tert-OH is 1. The SMILES string of the molecule is C=CC(CC)(CCCCOCCCCC(CC)(CC)CO)S(N)(=O)=O. The summed E-state index contributed by atoms with van der Waals surface area (Å²) >= 11 is 0. The summed E-state index contributed by atoms with van der Waals surface area (Å²) in [5.74, 6) is 0. The molecule has 3 N–H and O–H groups in total. The first-order valence-corrected chi connectivity index (χ1v) is 11.2. The van der Waals surface area contributed by atoms with Crippen molar-refractivity contribution in [3.05, 3.63) is 12.7 Å². The van der Waals surface area contributed by atoms with Gasteiger partial charge in [-0.2, -0.15) is 0 Å². The molecule has 0 aliphatic carbocycles. The number of unbranched alkanes of at least 4 members (excludes halogenated alkanes) is 2. The van der Waals surface area contributed by atoms with Gasteiger partial charge in [-0.3, -0.25) is 0 Å². The van der Waals surface area contributed by atoms with Crippen molar-refractivity contribution < 1.29 is 18.3 Å². The molecule has 0 heterocycles. The molecule has 1 atom stereocenters. The fourth-order valence-corrected chi connectivity index (χ4v) is 4.29. The number of primary sulfonamides is 1. The lowest BCUT2D eigenvalue weighted by Gasteiger charge is -2.29. The highest BCUT2D eigenvalue weighted by molar-refractivity contribution is 7.90. The first-order valence-electron chi connectivity index (χ1n) is 9.61. The summed E-state index contributed by atoms with van der Waals surface area (Å²) in [6.45, 7) is 11.3. The highest BCUT2D eigenvalue weighted by Gasteiger charge is 2.35. The molecular formula is C19H39NO4S. The van der Waals surface area contributed by atoms with E-state index in [0.29, 0.717) is 26.1 Å². The Morgan fingerprint density at radius 3 is 1.88 bits per heavy atom. The standard InChI is InChI=1S/C19H39NO4S/c1-5-18(6-2,17-21)13-9-11-15-24-16-12-10-14-19(7-3,8-4)25(20,22)23/h7,21H,3,5-6,8-17H2,1-2,4H3,(H2,20,22,23). The molecule has 0 bridgehead atoms. The van der Waals surface area contributed by atoms with Gasteiger partial charge in [0.25, 0.3) is 0 Å². The van der Waals surface area contributed by atoms with Crippen LogP contribution in [0.1, 0.15) is 78.6 Å². The van der Waals surface area contributed by atoms with Gasteiger partial charge in [0, 0.05) is 19.8 Å². The second-order valence-corrected chi connectivity index (χ2v) is 8.96. The Morgan fingerprint density at radius 1 is 1.00 bits per heavy atom. The average Bonchev–Trinajstić information content (AvgIpc) is 2.60. The Morgan fingerprint density at radius 2 is 1.52 bits per heavy atom. The van der Waals surface area contributed by atoms with E-state index in [1.165, 1.54) is 6.08 Å². The van der Waals surface area contributed by atoms with Crippen LogP contribution >= 0.6 is 0 Å². The van der Waals surface area contributed by atoms with Gasteiger partial charge in [0.15, 0.2) is 0 Å². The zero-order valence-electron chi connectivity index (χ0n) is 16.4. The van der Waals surface area contributed by atoms with Gasteiger partial charge in [-0.25, -0.2) is 13.6 Å². The third-order valence-electron chi connectivity index (χ3n) is 5.76. The van der Waals surface area contributed by atoms with Crippen LogP contribution in [0, 0.1) is 5.41 Å². The Kier molecular flexibility index (Phi) is 11.8. The van der Waals surface area contributed by atoms with Crippen molar-refractivity contribution in [2.75, 3.05) is 19.8 Å². The maximum absolute atomic E-state index is 11.8. The van der Waals surface area contributed by atoms with Gasteiger partial charge in [0.05, 0.1) is 0 Å². The van der Waals surface area contributed by atoms with Gasteiger partial charge in [0.2, 0.25) is 10.0 Å². The van der Waals surface area contributed by atoms with E-state index in [1.807, 2.05) is 6.92 Å². The van der Waals surface area contributed by atoms with Gasteiger partial charge < -0.3 is 9.84 Å².